The van der Waals surface area contributed by atoms with Crippen molar-refractivity contribution in [2.75, 3.05) is 40.9 Å². The van der Waals surface area contributed by atoms with Crippen LogP contribution in [-0.4, -0.2) is 73.4 Å². The van der Waals surface area contributed by atoms with Gasteiger partial charge in [-0.2, -0.15) is 0 Å². The molecule has 0 aliphatic rings. The molecule has 0 fully saturated rings. The highest BCUT2D eigenvalue weighted by Crippen LogP contribution is 2.43. The molecule has 0 bridgehead atoms. The molecule has 0 radical (unpaired) electrons. The van der Waals surface area contributed by atoms with Gasteiger partial charge in [0.2, 0.25) is 5.91 Å². The number of hydrogen-bond donors (Lipinski definition) is 3. The molecule has 0 saturated carbocycles. The molecule has 0 aliphatic heterocycles. The lowest BCUT2D eigenvalue weighted by Crippen LogP contribution is -2.45. The first-order valence-corrected chi connectivity index (χ1v) is 22.2. The molecule has 0 aromatic rings. The zero-order valence-corrected chi connectivity index (χ0v) is 34.3. The number of likely N-dealkylation sites (N-methyl/N-ethyl adjacent to an activating group) is 1. The second-order valence-electron chi connectivity index (χ2n) is 15.4. The third-order valence-electron chi connectivity index (χ3n) is 9.17. The van der Waals surface area contributed by atoms with Crippen molar-refractivity contribution in [2.24, 2.45) is 0 Å². The van der Waals surface area contributed by atoms with Crippen LogP contribution in [0.2, 0.25) is 0 Å². The molecule has 0 aromatic carbocycles. The summed E-state index contributed by atoms with van der Waals surface area (Å²) in [5.74, 6) is -0.188. The van der Waals surface area contributed by atoms with Crippen LogP contribution in [0.4, 0.5) is 0 Å². The van der Waals surface area contributed by atoms with Gasteiger partial charge in [-0.25, -0.2) is 4.57 Å². The third-order valence-corrected chi connectivity index (χ3v) is 10.1. The fourth-order valence-corrected chi connectivity index (χ4v) is 6.53. The Bertz CT molecular complexity index is 876. The first-order chi connectivity index (χ1) is 24.0. The van der Waals surface area contributed by atoms with E-state index in [0.29, 0.717) is 17.4 Å². The lowest BCUT2D eigenvalue weighted by Gasteiger charge is -2.25. The van der Waals surface area contributed by atoms with Crippen molar-refractivity contribution in [1.29, 1.82) is 0 Å². The number of carbonyl (C=O) groups is 1. The Labute approximate surface area is 309 Å². The summed E-state index contributed by atoms with van der Waals surface area (Å²) >= 11 is 0. The van der Waals surface area contributed by atoms with Crippen LogP contribution in [0.25, 0.3) is 0 Å². The second kappa shape index (κ2) is 33.8. The number of quaternary nitrogens is 1. The number of phosphoric acid groups is 1. The highest BCUT2D eigenvalue weighted by Gasteiger charge is 2.27. The summed E-state index contributed by atoms with van der Waals surface area (Å²) in [4.78, 5) is 23.0. The number of nitrogens with zero attached hydrogens (tertiary/aromatic N) is 1. The molecule has 8 nitrogen and oxygen atoms in total. The molecule has 50 heavy (non-hydrogen) atoms. The maximum Gasteiger partial charge on any atom is 0.472 e. The van der Waals surface area contributed by atoms with Gasteiger partial charge < -0.3 is 19.8 Å². The Morgan fingerprint density at radius 2 is 1.08 bits per heavy atom. The Hall–Kier alpha value is -1.02. The van der Waals surface area contributed by atoms with Gasteiger partial charge in [0.25, 0.3) is 0 Å². The first-order valence-electron chi connectivity index (χ1n) is 20.7. The van der Waals surface area contributed by atoms with E-state index in [1.165, 1.54) is 109 Å². The maximum atomic E-state index is 12.8. The number of allylic oxidation sites excluding steroid dienone is 3. The Morgan fingerprint density at radius 3 is 1.58 bits per heavy atom. The van der Waals surface area contributed by atoms with Gasteiger partial charge >= 0.3 is 7.82 Å². The summed E-state index contributed by atoms with van der Waals surface area (Å²) in [7, 11) is 1.57. The van der Waals surface area contributed by atoms with Crippen LogP contribution < -0.4 is 5.32 Å². The smallest absolute Gasteiger partial charge is 0.387 e. The number of rotatable bonds is 37. The van der Waals surface area contributed by atoms with Gasteiger partial charge in [-0.3, -0.25) is 13.8 Å². The Morgan fingerprint density at radius 1 is 0.660 bits per heavy atom. The van der Waals surface area contributed by atoms with E-state index in [1.807, 2.05) is 27.2 Å². The average molecular weight is 730 g/mol. The zero-order valence-electron chi connectivity index (χ0n) is 33.4. The van der Waals surface area contributed by atoms with Crippen molar-refractivity contribution >= 4 is 13.7 Å². The van der Waals surface area contributed by atoms with Crippen molar-refractivity contribution in [3.8, 4) is 0 Å². The number of phosphoric ester groups is 1. The van der Waals surface area contributed by atoms with Gasteiger partial charge in [0, 0.05) is 6.42 Å². The molecule has 3 atom stereocenters. The summed E-state index contributed by atoms with van der Waals surface area (Å²) in [6.07, 6.45) is 38.1. The lowest BCUT2D eigenvalue weighted by molar-refractivity contribution is -0.870. The van der Waals surface area contributed by atoms with Crippen molar-refractivity contribution in [3.63, 3.8) is 0 Å². The quantitative estimate of drug-likeness (QED) is 0.0254. The SMILES string of the molecule is CCCCC/C=C\CCCCCCCC(=O)NC(COP(=O)(O)OCC[N+](C)(C)C)C(O)/C=C/CCCCCCCCCCCCCCCC. The molecule has 9 heteroatoms. The van der Waals surface area contributed by atoms with E-state index in [0.717, 1.165) is 51.4 Å². The number of unbranched alkanes of at least 4 members (excludes halogenated alkanes) is 22. The van der Waals surface area contributed by atoms with E-state index in [1.54, 1.807) is 6.08 Å². The number of hydrogen-bond acceptors (Lipinski definition) is 5. The van der Waals surface area contributed by atoms with E-state index in [9.17, 15) is 19.4 Å². The number of nitrogens with one attached hydrogen (secondary N) is 1. The largest absolute Gasteiger partial charge is 0.472 e. The fourth-order valence-electron chi connectivity index (χ4n) is 5.80. The molecule has 3 unspecified atom stereocenters. The van der Waals surface area contributed by atoms with E-state index in [2.05, 4.69) is 31.3 Å². The van der Waals surface area contributed by atoms with Crippen molar-refractivity contribution < 1.29 is 32.9 Å². The molecule has 0 heterocycles. The summed E-state index contributed by atoms with van der Waals surface area (Å²) in [6, 6.07) is -0.846. The van der Waals surface area contributed by atoms with Crippen molar-refractivity contribution in [1.82, 2.24) is 5.32 Å². The molecule has 296 valence electrons. The van der Waals surface area contributed by atoms with Gasteiger partial charge in [-0.1, -0.05) is 154 Å². The van der Waals surface area contributed by atoms with Gasteiger partial charge in [0.15, 0.2) is 0 Å². The van der Waals surface area contributed by atoms with Crippen LogP contribution in [0.1, 0.15) is 181 Å². The predicted molar refractivity (Wildman–Crippen MR) is 212 cm³/mol. The minimum Gasteiger partial charge on any atom is -0.387 e. The molecular formula is C41H82N2O6P+. The molecule has 0 rings (SSSR count). The summed E-state index contributed by atoms with van der Waals surface area (Å²) in [5, 5.41) is 13.8. The average Bonchev–Trinajstić information content (AvgIpc) is 3.06. The van der Waals surface area contributed by atoms with Crippen LogP contribution in [0.3, 0.4) is 0 Å². The van der Waals surface area contributed by atoms with Crippen LogP contribution in [0.5, 0.6) is 0 Å². The number of aliphatic hydroxyl groups is 1. The predicted octanol–water partition coefficient (Wildman–Crippen LogP) is 11.0. The topological polar surface area (TPSA) is 105 Å². The minimum absolute atomic E-state index is 0.0607. The molecule has 0 aromatic heterocycles. The van der Waals surface area contributed by atoms with Crippen LogP contribution in [0.15, 0.2) is 24.3 Å². The zero-order chi connectivity index (χ0) is 37.2. The lowest BCUT2D eigenvalue weighted by atomic mass is 10.0. The summed E-state index contributed by atoms with van der Waals surface area (Å²) in [6.45, 7) is 4.77. The Kier molecular flexibility index (Phi) is 33.1. The maximum absolute atomic E-state index is 12.8. The van der Waals surface area contributed by atoms with Crippen LogP contribution in [-0.2, 0) is 18.4 Å². The van der Waals surface area contributed by atoms with Gasteiger partial charge in [-0.05, 0) is 44.9 Å². The summed E-state index contributed by atoms with van der Waals surface area (Å²) < 4.78 is 23.5. The molecule has 0 spiro atoms. The highest BCUT2D eigenvalue weighted by molar-refractivity contribution is 7.47. The van der Waals surface area contributed by atoms with E-state index in [4.69, 9.17) is 9.05 Å². The standard InChI is InChI=1S/C41H81N2O6P/c1-6-8-10-12-14-16-18-20-21-22-23-24-26-28-30-32-34-40(44)39(38-49-50(46,47)48-37-36-43(3,4)5)42-41(45)35-33-31-29-27-25-19-17-15-13-11-9-7-2/h15,17,32,34,39-40,44H,6-14,16,18-31,33,35-38H2,1-5H3,(H-,42,45,46,47)/p+1/b17-15-,34-32+. The molecule has 0 aliphatic carbocycles. The molecular weight excluding hydrogens is 647 g/mol. The first kappa shape index (κ1) is 49.0. The van der Waals surface area contributed by atoms with Gasteiger partial charge in [-0.15, -0.1) is 0 Å². The molecule has 1 amide bonds. The van der Waals surface area contributed by atoms with Crippen LogP contribution in [0, 0.1) is 0 Å². The fraction of sp³-hybridized carbons (Fsp3) is 0.878. The normalized spacial score (nSPS) is 14.8. The van der Waals surface area contributed by atoms with Crippen molar-refractivity contribution in [3.05, 3.63) is 24.3 Å². The highest BCUT2D eigenvalue weighted by atomic mass is 31.2. The number of amides is 1. The third kappa shape index (κ3) is 35.4. The second-order valence-corrected chi connectivity index (χ2v) is 16.8. The molecule has 3 N–H and O–H groups in total. The number of carbonyl (C=O) groups excluding carboxylic acids is 1. The van der Waals surface area contributed by atoms with Gasteiger partial charge in [0.1, 0.15) is 13.2 Å². The molecule has 0 saturated heterocycles. The van der Waals surface area contributed by atoms with Crippen molar-refractivity contribution in [2.45, 2.75) is 193 Å². The van der Waals surface area contributed by atoms with E-state index >= 15 is 0 Å². The van der Waals surface area contributed by atoms with Crippen LogP contribution >= 0.6 is 7.82 Å². The van der Waals surface area contributed by atoms with E-state index < -0.39 is 20.0 Å². The monoisotopic (exact) mass is 730 g/mol. The number of aliphatic hydroxyl groups excluding tert-OH is 1. The Balaban J connectivity index is 4.49. The summed E-state index contributed by atoms with van der Waals surface area (Å²) in [5.41, 5.74) is 0. The van der Waals surface area contributed by atoms with E-state index in [-0.39, 0.29) is 19.1 Å². The minimum atomic E-state index is -4.33. The van der Waals surface area contributed by atoms with Gasteiger partial charge in [0.05, 0.1) is 39.9 Å².